The van der Waals surface area contributed by atoms with E-state index in [1.54, 1.807) is 41.3 Å². The van der Waals surface area contributed by atoms with Crippen molar-refractivity contribution in [1.29, 1.82) is 0 Å². The summed E-state index contributed by atoms with van der Waals surface area (Å²) in [7, 11) is 0. The fraction of sp³-hybridized carbons (Fsp3) is 0.200. The zero-order valence-electron chi connectivity index (χ0n) is 15.1. The molecule has 1 saturated heterocycles. The van der Waals surface area contributed by atoms with Gasteiger partial charge in [0.25, 0.3) is 5.91 Å². The highest BCUT2D eigenvalue weighted by Gasteiger charge is 2.35. The maximum absolute atomic E-state index is 12.8. The zero-order valence-corrected chi connectivity index (χ0v) is 17.5. The molecule has 4 rings (SSSR count). The summed E-state index contributed by atoms with van der Waals surface area (Å²) in [6.07, 6.45) is 1.36. The lowest BCUT2D eigenvalue weighted by molar-refractivity contribution is -0.119. The second kappa shape index (κ2) is 8.49. The third-order valence-electron chi connectivity index (χ3n) is 4.63. The van der Waals surface area contributed by atoms with Gasteiger partial charge in [-0.15, -0.1) is 10.2 Å². The Morgan fingerprint density at radius 1 is 1.07 bits per heavy atom. The molecule has 6 nitrogen and oxygen atoms in total. The van der Waals surface area contributed by atoms with Crippen LogP contribution in [0.25, 0.3) is 10.6 Å². The van der Waals surface area contributed by atoms with Crippen LogP contribution in [0, 0.1) is 0 Å². The standard InChI is InChI=1S/C20H16Cl2N4O2S/c21-14-8-6-12(7-9-14)18-24-25-20(29-18)23-17(27)16-5-2-10-26(16)19(28)13-3-1-4-15(22)11-13/h1,3-4,6-9,11,16H,2,5,10H2,(H,23,25,27). The first-order valence-corrected chi connectivity index (χ1v) is 10.6. The predicted octanol–water partition coefficient (Wildman–Crippen LogP) is 4.76. The highest BCUT2D eigenvalue weighted by Crippen LogP contribution is 2.28. The normalized spacial score (nSPS) is 16.1. The lowest BCUT2D eigenvalue weighted by atomic mass is 10.1. The largest absolute Gasteiger partial charge is 0.327 e. The quantitative estimate of drug-likeness (QED) is 0.626. The van der Waals surface area contributed by atoms with E-state index in [-0.39, 0.29) is 11.8 Å². The second-order valence-corrected chi connectivity index (χ2v) is 8.43. The summed E-state index contributed by atoms with van der Waals surface area (Å²) in [5.74, 6) is -0.471. The van der Waals surface area contributed by atoms with Gasteiger partial charge in [0.05, 0.1) is 0 Å². The number of rotatable bonds is 4. The molecule has 0 bridgehead atoms. The lowest BCUT2D eigenvalue weighted by Gasteiger charge is -2.23. The number of nitrogens with one attached hydrogen (secondary N) is 1. The van der Waals surface area contributed by atoms with Crippen LogP contribution in [0.2, 0.25) is 10.0 Å². The van der Waals surface area contributed by atoms with Crippen LogP contribution in [-0.4, -0.2) is 39.5 Å². The van der Waals surface area contributed by atoms with Crippen LogP contribution in [0.3, 0.4) is 0 Å². The molecular formula is C20H16Cl2N4O2S. The average molecular weight is 447 g/mol. The van der Waals surface area contributed by atoms with Crippen molar-refractivity contribution in [2.24, 2.45) is 0 Å². The summed E-state index contributed by atoms with van der Waals surface area (Å²) in [5, 5.41) is 13.2. The van der Waals surface area contributed by atoms with Crippen LogP contribution in [0.15, 0.2) is 48.5 Å². The van der Waals surface area contributed by atoms with Crippen molar-refractivity contribution in [3.63, 3.8) is 0 Å². The molecule has 1 aliphatic heterocycles. The van der Waals surface area contributed by atoms with Crippen molar-refractivity contribution in [2.45, 2.75) is 18.9 Å². The molecule has 2 amide bonds. The van der Waals surface area contributed by atoms with Crippen molar-refractivity contribution in [3.8, 4) is 10.6 Å². The van der Waals surface area contributed by atoms with E-state index in [0.29, 0.717) is 38.7 Å². The SMILES string of the molecule is O=C(Nc1nnc(-c2ccc(Cl)cc2)s1)C1CCCN1C(=O)c1cccc(Cl)c1. The third-order valence-corrected chi connectivity index (χ3v) is 6.01. The van der Waals surface area contributed by atoms with Gasteiger partial charge in [0.1, 0.15) is 11.0 Å². The number of hydrogen-bond acceptors (Lipinski definition) is 5. The van der Waals surface area contributed by atoms with E-state index in [1.165, 1.54) is 11.3 Å². The number of halogens is 2. The first-order chi connectivity index (χ1) is 14.0. The van der Waals surface area contributed by atoms with Crippen LogP contribution in [0.1, 0.15) is 23.2 Å². The van der Waals surface area contributed by atoms with Crippen molar-refractivity contribution < 1.29 is 9.59 Å². The molecule has 1 atom stereocenters. The Labute approximate surface area is 181 Å². The summed E-state index contributed by atoms with van der Waals surface area (Å²) in [5.41, 5.74) is 1.34. The molecule has 2 aromatic carbocycles. The van der Waals surface area contributed by atoms with E-state index in [9.17, 15) is 9.59 Å². The molecule has 0 spiro atoms. The molecule has 148 valence electrons. The molecule has 1 unspecified atom stereocenters. The maximum atomic E-state index is 12.8. The number of anilines is 1. The summed E-state index contributed by atoms with van der Waals surface area (Å²) >= 11 is 13.2. The Kier molecular flexibility index (Phi) is 5.80. The number of carbonyl (C=O) groups is 2. The van der Waals surface area contributed by atoms with E-state index in [2.05, 4.69) is 15.5 Å². The van der Waals surface area contributed by atoms with Gasteiger partial charge in [-0.25, -0.2) is 0 Å². The van der Waals surface area contributed by atoms with Gasteiger partial charge in [0.2, 0.25) is 11.0 Å². The summed E-state index contributed by atoms with van der Waals surface area (Å²) < 4.78 is 0. The van der Waals surface area contributed by atoms with Crippen LogP contribution in [-0.2, 0) is 4.79 Å². The molecule has 0 saturated carbocycles. The number of amides is 2. The van der Waals surface area contributed by atoms with Crippen LogP contribution >= 0.6 is 34.5 Å². The highest BCUT2D eigenvalue weighted by molar-refractivity contribution is 7.18. The Hall–Kier alpha value is -2.48. The fourth-order valence-electron chi connectivity index (χ4n) is 3.24. The van der Waals surface area contributed by atoms with Gasteiger partial charge in [-0.05, 0) is 43.2 Å². The Morgan fingerprint density at radius 3 is 2.62 bits per heavy atom. The smallest absolute Gasteiger partial charge is 0.254 e. The molecule has 1 aromatic heterocycles. The van der Waals surface area contributed by atoms with E-state index < -0.39 is 6.04 Å². The van der Waals surface area contributed by atoms with Crippen molar-refractivity contribution in [1.82, 2.24) is 15.1 Å². The topological polar surface area (TPSA) is 75.2 Å². The van der Waals surface area contributed by atoms with Gasteiger partial charge >= 0.3 is 0 Å². The first-order valence-electron chi connectivity index (χ1n) is 8.98. The summed E-state index contributed by atoms with van der Waals surface area (Å²) in [4.78, 5) is 27.2. The minimum atomic E-state index is -0.552. The third kappa shape index (κ3) is 4.42. The molecule has 1 fully saturated rings. The number of hydrogen-bond donors (Lipinski definition) is 1. The molecule has 9 heteroatoms. The number of likely N-dealkylation sites (tertiary alicyclic amines) is 1. The van der Waals surface area contributed by atoms with E-state index in [4.69, 9.17) is 23.2 Å². The van der Waals surface area contributed by atoms with E-state index >= 15 is 0 Å². The summed E-state index contributed by atoms with van der Waals surface area (Å²) in [6, 6.07) is 13.4. The summed E-state index contributed by atoms with van der Waals surface area (Å²) in [6.45, 7) is 0.523. The Balaban J connectivity index is 1.46. The van der Waals surface area contributed by atoms with Crippen molar-refractivity contribution in [2.75, 3.05) is 11.9 Å². The van der Waals surface area contributed by atoms with Gasteiger partial charge in [-0.3, -0.25) is 14.9 Å². The number of benzene rings is 2. The number of aromatic nitrogens is 2. The lowest BCUT2D eigenvalue weighted by Crippen LogP contribution is -2.43. The second-order valence-electron chi connectivity index (χ2n) is 6.58. The first kappa shape index (κ1) is 19.8. The minimum Gasteiger partial charge on any atom is -0.327 e. The molecule has 3 aromatic rings. The number of nitrogens with zero attached hydrogens (tertiary/aromatic N) is 3. The molecule has 29 heavy (non-hydrogen) atoms. The average Bonchev–Trinajstić information content (AvgIpc) is 3.38. The fourth-order valence-corrected chi connectivity index (χ4v) is 4.31. The van der Waals surface area contributed by atoms with Gasteiger partial charge in [0.15, 0.2) is 0 Å². The molecular weight excluding hydrogens is 431 g/mol. The van der Waals surface area contributed by atoms with Crippen LogP contribution in [0.5, 0.6) is 0 Å². The molecule has 2 heterocycles. The predicted molar refractivity (Wildman–Crippen MR) is 114 cm³/mol. The molecule has 0 radical (unpaired) electrons. The van der Waals surface area contributed by atoms with Crippen molar-refractivity contribution >= 4 is 51.5 Å². The van der Waals surface area contributed by atoms with Crippen LogP contribution in [0.4, 0.5) is 5.13 Å². The van der Waals surface area contributed by atoms with Crippen molar-refractivity contribution in [3.05, 3.63) is 64.1 Å². The van der Waals surface area contributed by atoms with Gasteiger partial charge in [0, 0.05) is 27.7 Å². The van der Waals surface area contributed by atoms with E-state index in [1.807, 2.05) is 12.1 Å². The molecule has 1 aliphatic rings. The highest BCUT2D eigenvalue weighted by atomic mass is 35.5. The molecule has 0 aliphatic carbocycles. The monoisotopic (exact) mass is 446 g/mol. The van der Waals surface area contributed by atoms with E-state index in [0.717, 1.165) is 12.0 Å². The molecule has 1 N–H and O–H groups in total. The van der Waals surface area contributed by atoms with Gasteiger partial charge < -0.3 is 4.90 Å². The Bertz CT molecular complexity index is 1050. The maximum Gasteiger partial charge on any atom is 0.254 e. The number of carbonyl (C=O) groups excluding carboxylic acids is 2. The zero-order chi connectivity index (χ0) is 20.4. The minimum absolute atomic E-state index is 0.204. The van der Waals surface area contributed by atoms with Crippen LogP contribution < -0.4 is 5.32 Å². The van der Waals surface area contributed by atoms with Gasteiger partial charge in [-0.1, -0.05) is 52.7 Å². The Morgan fingerprint density at radius 2 is 1.86 bits per heavy atom. The van der Waals surface area contributed by atoms with Gasteiger partial charge in [-0.2, -0.15) is 0 Å².